The van der Waals surface area contributed by atoms with Crippen LogP contribution in [0.25, 0.3) is 0 Å². The first-order chi connectivity index (χ1) is 13.8. The van der Waals surface area contributed by atoms with E-state index in [2.05, 4.69) is 25.1 Å². The summed E-state index contributed by atoms with van der Waals surface area (Å²) in [6.07, 6.45) is 6.24. The van der Waals surface area contributed by atoms with Crippen LogP contribution in [0.4, 0.5) is 10.3 Å². The van der Waals surface area contributed by atoms with Crippen molar-refractivity contribution >= 4 is 18.4 Å². The van der Waals surface area contributed by atoms with Gasteiger partial charge in [0.15, 0.2) is 0 Å². The van der Waals surface area contributed by atoms with Gasteiger partial charge in [-0.05, 0) is 30.5 Å². The topological polar surface area (TPSA) is 53.5 Å². The van der Waals surface area contributed by atoms with Crippen LogP contribution >= 0.6 is 12.4 Å². The largest absolute Gasteiger partial charge is 0.379 e. The van der Waals surface area contributed by atoms with Crippen LogP contribution in [0.5, 0.6) is 0 Å². The zero-order valence-electron chi connectivity index (χ0n) is 16.6. The lowest BCUT2D eigenvalue weighted by Crippen LogP contribution is -2.42. The summed E-state index contributed by atoms with van der Waals surface area (Å²) in [4.78, 5) is 13.6. The van der Waals surface area contributed by atoms with E-state index in [9.17, 15) is 4.39 Å². The Morgan fingerprint density at radius 3 is 2.48 bits per heavy atom. The standard InChI is InChI=1S/C21H28FN5O.ClH/c22-19-5-3-4-18(12-19)20(26-8-10-28-11-9-26)16-23-13-17-14-24-21(25-15-17)27-6-1-2-7-27;/h3-5,12,14-15,20,23H,1-2,6-11,13,16H2;1H. The third-order valence-electron chi connectivity index (χ3n) is 5.47. The van der Waals surface area contributed by atoms with E-state index >= 15 is 0 Å². The lowest BCUT2D eigenvalue weighted by Gasteiger charge is -2.35. The number of aromatic nitrogens is 2. The van der Waals surface area contributed by atoms with Crippen molar-refractivity contribution in [3.63, 3.8) is 0 Å². The highest BCUT2D eigenvalue weighted by molar-refractivity contribution is 5.85. The van der Waals surface area contributed by atoms with Gasteiger partial charge in [-0.3, -0.25) is 4.90 Å². The number of nitrogens with zero attached hydrogens (tertiary/aromatic N) is 4. The first kappa shape index (κ1) is 21.9. The summed E-state index contributed by atoms with van der Waals surface area (Å²) in [5, 5.41) is 3.51. The number of benzene rings is 1. The molecule has 29 heavy (non-hydrogen) atoms. The Bertz CT molecular complexity index is 751. The van der Waals surface area contributed by atoms with E-state index in [1.54, 1.807) is 12.1 Å². The Labute approximate surface area is 177 Å². The molecule has 2 aliphatic heterocycles. The molecule has 4 rings (SSSR count). The second-order valence-electron chi connectivity index (χ2n) is 7.44. The molecular formula is C21H29ClFN5O. The number of rotatable bonds is 7. The molecule has 1 unspecified atom stereocenters. The Kier molecular flexibility index (Phi) is 8.18. The number of halogens is 2. The minimum atomic E-state index is -0.193. The van der Waals surface area contributed by atoms with Crippen LogP contribution in [0.1, 0.15) is 30.0 Å². The molecule has 1 aromatic heterocycles. The lowest BCUT2D eigenvalue weighted by molar-refractivity contribution is 0.0160. The predicted octanol–water partition coefficient (Wildman–Crippen LogP) is 2.80. The minimum absolute atomic E-state index is 0. The molecule has 3 heterocycles. The van der Waals surface area contributed by atoms with Crippen molar-refractivity contribution in [2.45, 2.75) is 25.4 Å². The second kappa shape index (κ2) is 10.8. The van der Waals surface area contributed by atoms with E-state index in [4.69, 9.17) is 4.74 Å². The quantitative estimate of drug-likeness (QED) is 0.742. The zero-order valence-corrected chi connectivity index (χ0v) is 17.4. The maximum Gasteiger partial charge on any atom is 0.225 e. The van der Waals surface area contributed by atoms with Gasteiger partial charge in [0, 0.05) is 63.3 Å². The summed E-state index contributed by atoms with van der Waals surface area (Å²) >= 11 is 0. The Balaban J connectivity index is 0.00000240. The molecule has 0 spiro atoms. The summed E-state index contributed by atoms with van der Waals surface area (Å²) < 4.78 is 19.2. The van der Waals surface area contributed by atoms with Gasteiger partial charge in [0.05, 0.1) is 13.2 Å². The highest BCUT2D eigenvalue weighted by atomic mass is 35.5. The number of ether oxygens (including phenoxy) is 1. The number of hydrogen-bond donors (Lipinski definition) is 1. The van der Waals surface area contributed by atoms with Gasteiger partial charge in [-0.15, -0.1) is 12.4 Å². The molecule has 8 heteroatoms. The van der Waals surface area contributed by atoms with Crippen LogP contribution in [-0.2, 0) is 11.3 Å². The van der Waals surface area contributed by atoms with Gasteiger partial charge >= 0.3 is 0 Å². The average molecular weight is 422 g/mol. The van der Waals surface area contributed by atoms with Crippen LogP contribution < -0.4 is 10.2 Å². The number of morpholine rings is 1. The van der Waals surface area contributed by atoms with Crippen LogP contribution in [0, 0.1) is 5.82 Å². The molecular weight excluding hydrogens is 393 g/mol. The smallest absolute Gasteiger partial charge is 0.225 e. The Morgan fingerprint density at radius 2 is 1.79 bits per heavy atom. The molecule has 2 saturated heterocycles. The zero-order chi connectivity index (χ0) is 19.2. The monoisotopic (exact) mass is 421 g/mol. The molecule has 2 aromatic rings. The molecule has 1 atom stereocenters. The van der Waals surface area contributed by atoms with Gasteiger partial charge in [-0.2, -0.15) is 0 Å². The maximum atomic E-state index is 13.8. The van der Waals surface area contributed by atoms with E-state index in [1.807, 2.05) is 18.5 Å². The molecule has 0 bridgehead atoms. The van der Waals surface area contributed by atoms with Crippen molar-refractivity contribution in [1.82, 2.24) is 20.2 Å². The first-order valence-electron chi connectivity index (χ1n) is 10.1. The van der Waals surface area contributed by atoms with Crippen molar-refractivity contribution in [1.29, 1.82) is 0 Å². The number of hydrogen-bond acceptors (Lipinski definition) is 6. The summed E-state index contributed by atoms with van der Waals surface area (Å²) in [5.41, 5.74) is 2.05. The van der Waals surface area contributed by atoms with Crippen LogP contribution in [0.2, 0.25) is 0 Å². The fraction of sp³-hybridized carbons (Fsp3) is 0.524. The molecule has 0 saturated carbocycles. The van der Waals surface area contributed by atoms with E-state index in [1.165, 1.54) is 18.9 Å². The van der Waals surface area contributed by atoms with Gasteiger partial charge < -0.3 is 15.0 Å². The molecule has 1 N–H and O–H groups in total. The first-order valence-corrected chi connectivity index (χ1v) is 10.1. The summed E-state index contributed by atoms with van der Waals surface area (Å²) in [5.74, 6) is 0.633. The summed E-state index contributed by atoms with van der Waals surface area (Å²) in [6.45, 7) is 6.68. The third-order valence-corrected chi connectivity index (χ3v) is 5.47. The molecule has 0 aliphatic carbocycles. The second-order valence-corrected chi connectivity index (χ2v) is 7.44. The van der Waals surface area contributed by atoms with Crippen LogP contribution in [-0.4, -0.2) is 60.8 Å². The van der Waals surface area contributed by atoms with Crippen molar-refractivity contribution in [3.8, 4) is 0 Å². The van der Waals surface area contributed by atoms with Gasteiger partial charge in [0.25, 0.3) is 0 Å². The normalized spacial score (nSPS) is 18.4. The number of anilines is 1. The number of nitrogens with one attached hydrogen (secondary N) is 1. The molecule has 0 radical (unpaired) electrons. The third kappa shape index (κ3) is 5.85. The lowest BCUT2D eigenvalue weighted by atomic mass is 10.0. The van der Waals surface area contributed by atoms with Gasteiger partial charge in [0.1, 0.15) is 5.82 Å². The fourth-order valence-electron chi connectivity index (χ4n) is 3.93. The van der Waals surface area contributed by atoms with Crippen molar-refractivity contribution in [2.75, 3.05) is 50.8 Å². The summed E-state index contributed by atoms with van der Waals surface area (Å²) in [7, 11) is 0. The van der Waals surface area contributed by atoms with Crippen molar-refractivity contribution in [3.05, 3.63) is 53.6 Å². The molecule has 1 aromatic carbocycles. The maximum absolute atomic E-state index is 13.8. The van der Waals surface area contributed by atoms with Gasteiger partial charge in [-0.1, -0.05) is 12.1 Å². The molecule has 158 valence electrons. The SMILES string of the molecule is Cl.Fc1cccc(C(CNCc2cnc(N3CCCC3)nc2)N2CCOCC2)c1. The van der Waals surface area contributed by atoms with E-state index in [0.717, 1.165) is 63.0 Å². The molecule has 0 amide bonds. The highest BCUT2D eigenvalue weighted by Crippen LogP contribution is 2.22. The van der Waals surface area contributed by atoms with Crippen LogP contribution in [0.15, 0.2) is 36.7 Å². The van der Waals surface area contributed by atoms with Gasteiger partial charge in [-0.25, -0.2) is 14.4 Å². The Hall–Kier alpha value is -1.80. The molecule has 2 fully saturated rings. The van der Waals surface area contributed by atoms with E-state index in [0.29, 0.717) is 6.54 Å². The van der Waals surface area contributed by atoms with E-state index in [-0.39, 0.29) is 24.3 Å². The fourth-order valence-corrected chi connectivity index (χ4v) is 3.93. The Morgan fingerprint density at radius 1 is 1.07 bits per heavy atom. The minimum Gasteiger partial charge on any atom is -0.379 e. The van der Waals surface area contributed by atoms with Crippen molar-refractivity contribution < 1.29 is 9.13 Å². The van der Waals surface area contributed by atoms with Crippen molar-refractivity contribution in [2.24, 2.45) is 0 Å². The molecule has 6 nitrogen and oxygen atoms in total. The van der Waals surface area contributed by atoms with Gasteiger partial charge in [0.2, 0.25) is 5.95 Å². The van der Waals surface area contributed by atoms with E-state index < -0.39 is 0 Å². The summed E-state index contributed by atoms with van der Waals surface area (Å²) in [6, 6.07) is 7.02. The highest BCUT2D eigenvalue weighted by Gasteiger charge is 2.22. The average Bonchev–Trinajstić information content (AvgIpc) is 3.27. The van der Waals surface area contributed by atoms with Crippen LogP contribution in [0.3, 0.4) is 0 Å². The predicted molar refractivity (Wildman–Crippen MR) is 114 cm³/mol. The molecule has 2 aliphatic rings.